The molecule has 1 aliphatic rings. The molecule has 0 spiro atoms. The van der Waals surface area contributed by atoms with Crippen LogP contribution in [0.15, 0.2) is 30.3 Å². The van der Waals surface area contributed by atoms with Crippen LogP contribution in [-0.4, -0.2) is 13.1 Å². The van der Waals surface area contributed by atoms with E-state index in [0.29, 0.717) is 10.6 Å². The third-order valence-corrected chi connectivity index (χ3v) is 4.25. The van der Waals surface area contributed by atoms with E-state index in [9.17, 15) is 8.78 Å². The zero-order valence-corrected chi connectivity index (χ0v) is 12.8. The van der Waals surface area contributed by atoms with Crippen LogP contribution in [-0.2, 0) is 12.8 Å². The normalized spacial score (nSPS) is 14.9. The summed E-state index contributed by atoms with van der Waals surface area (Å²) in [6.07, 6.45) is 5.32. The number of hydrogen-bond donors (Lipinski definition) is 1. The van der Waals surface area contributed by atoms with Crippen LogP contribution in [0.2, 0.25) is 5.02 Å². The van der Waals surface area contributed by atoms with Crippen molar-refractivity contribution in [2.45, 2.75) is 12.8 Å². The Balaban J connectivity index is 1.99. The van der Waals surface area contributed by atoms with Gasteiger partial charge in [0.1, 0.15) is 11.6 Å². The molecular formula is C18H16ClF2N. The SMILES string of the molecule is Fc1ccc(C=Cc2c(Cl)ccc3c2CCNCC3)c(F)c1. The van der Waals surface area contributed by atoms with Gasteiger partial charge >= 0.3 is 0 Å². The van der Waals surface area contributed by atoms with Gasteiger partial charge in [-0.25, -0.2) is 8.78 Å². The van der Waals surface area contributed by atoms with Gasteiger partial charge in [-0.15, -0.1) is 0 Å². The molecule has 0 unspecified atom stereocenters. The van der Waals surface area contributed by atoms with Gasteiger partial charge in [0.15, 0.2) is 0 Å². The van der Waals surface area contributed by atoms with Gasteiger partial charge in [0, 0.05) is 16.7 Å². The summed E-state index contributed by atoms with van der Waals surface area (Å²) in [5, 5.41) is 4.01. The van der Waals surface area contributed by atoms with Gasteiger partial charge in [0.2, 0.25) is 0 Å². The van der Waals surface area contributed by atoms with Gasteiger partial charge in [0.25, 0.3) is 0 Å². The molecule has 0 amide bonds. The van der Waals surface area contributed by atoms with Gasteiger partial charge in [-0.1, -0.05) is 29.8 Å². The van der Waals surface area contributed by atoms with Crippen molar-refractivity contribution >= 4 is 23.8 Å². The van der Waals surface area contributed by atoms with E-state index in [4.69, 9.17) is 11.6 Å². The molecule has 1 heterocycles. The summed E-state index contributed by atoms with van der Waals surface area (Å²) in [5.41, 5.74) is 3.75. The van der Waals surface area contributed by atoms with E-state index < -0.39 is 11.6 Å². The van der Waals surface area contributed by atoms with Crippen molar-refractivity contribution in [3.63, 3.8) is 0 Å². The van der Waals surface area contributed by atoms with Crippen LogP contribution in [0.3, 0.4) is 0 Å². The first-order valence-electron chi connectivity index (χ1n) is 7.29. The highest BCUT2D eigenvalue weighted by Gasteiger charge is 2.13. The summed E-state index contributed by atoms with van der Waals surface area (Å²) < 4.78 is 26.7. The van der Waals surface area contributed by atoms with Crippen molar-refractivity contribution in [3.05, 3.63) is 69.2 Å². The van der Waals surface area contributed by atoms with E-state index in [1.807, 2.05) is 12.1 Å². The predicted molar refractivity (Wildman–Crippen MR) is 87.0 cm³/mol. The molecule has 2 aromatic carbocycles. The fraction of sp³-hybridized carbons (Fsp3) is 0.222. The molecule has 1 N–H and O–H groups in total. The summed E-state index contributed by atoms with van der Waals surface area (Å²) in [4.78, 5) is 0. The topological polar surface area (TPSA) is 12.0 Å². The summed E-state index contributed by atoms with van der Waals surface area (Å²) in [7, 11) is 0. The monoisotopic (exact) mass is 319 g/mol. The molecule has 3 rings (SSSR count). The van der Waals surface area contributed by atoms with Gasteiger partial charge in [-0.2, -0.15) is 0 Å². The number of hydrogen-bond acceptors (Lipinski definition) is 1. The Hall–Kier alpha value is -1.71. The first kappa shape index (κ1) is 15.2. The first-order valence-corrected chi connectivity index (χ1v) is 7.67. The van der Waals surface area contributed by atoms with E-state index in [1.165, 1.54) is 23.3 Å². The lowest BCUT2D eigenvalue weighted by atomic mass is 9.96. The van der Waals surface area contributed by atoms with E-state index in [-0.39, 0.29) is 0 Å². The molecule has 1 aliphatic heterocycles. The summed E-state index contributed by atoms with van der Waals surface area (Å²) in [6, 6.07) is 7.50. The number of nitrogens with one attached hydrogen (secondary N) is 1. The quantitative estimate of drug-likeness (QED) is 0.805. The van der Waals surface area contributed by atoms with E-state index in [2.05, 4.69) is 11.4 Å². The Morgan fingerprint density at radius 2 is 1.82 bits per heavy atom. The van der Waals surface area contributed by atoms with Gasteiger partial charge in [-0.05, 0) is 60.8 Å². The van der Waals surface area contributed by atoms with Crippen molar-refractivity contribution in [3.8, 4) is 0 Å². The molecule has 0 fully saturated rings. The third-order valence-electron chi connectivity index (χ3n) is 3.92. The van der Waals surface area contributed by atoms with Gasteiger partial charge in [-0.3, -0.25) is 0 Å². The highest BCUT2D eigenvalue weighted by Crippen LogP contribution is 2.28. The maximum atomic E-state index is 13.7. The van der Waals surface area contributed by atoms with Crippen LogP contribution in [0.1, 0.15) is 22.3 Å². The molecule has 0 atom stereocenters. The Morgan fingerprint density at radius 3 is 2.64 bits per heavy atom. The first-order chi connectivity index (χ1) is 10.6. The second-order valence-electron chi connectivity index (χ2n) is 5.35. The Morgan fingerprint density at radius 1 is 1.00 bits per heavy atom. The van der Waals surface area contributed by atoms with E-state index >= 15 is 0 Å². The minimum absolute atomic E-state index is 0.349. The predicted octanol–water partition coefficient (Wildman–Crippen LogP) is 4.48. The summed E-state index contributed by atoms with van der Waals surface area (Å²) in [5.74, 6) is -1.15. The molecule has 22 heavy (non-hydrogen) atoms. The standard InChI is InChI=1S/C18H16ClF2N/c19-17-6-3-12-7-9-22-10-8-15(12)16(17)5-2-13-1-4-14(20)11-18(13)21/h1-6,11,22H,7-10H2. The molecule has 0 aliphatic carbocycles. The minimum atomic E-state index is -0.577. The number of rotatable bonds is 2. The fourth-order valence-corrected chi connectivity index (χ4v) is 3.00. The molecule has 0 aromatic heterocycles. The molecule has 114 valence electrons. The highest BCUT2D eigenvalue weighted by atomic mass is 35.5. The fourth-order valence-electron chi connectivity index (χ4n) is 2.76. The van der Waals surface area contributed by atoms with Crippen LogP contribution < -0.4 is 5.32 Å². The number of halogens is 3. The minimum Gasteiger partial charge on any atom is -0.316 e. The molecule has 0 radical (unpaired) electrons. The second-order valence-corrected chi connectivity index (χ2v) is 5.76. The van der Waals surface area contributed by atoms with E-state index in [0.717, 1.165) is 37.6 Å². The Kier molecular flexibility index (Phi) is 4.55. The molecule has 0 saturated heterocycles. The van der Waals surface area contributed by atoms with Crippen LogP contribution in [0.25, 0.3) is 12.2 Å². The summed E-state index contributed by atoms with van der Waals surface area (Å²) in [6.45, 7) is 1.85. The smallest absolute Gasteiger partial charge is 0.133 e. The lowest BCUT2D eigenvalue weighted by Gasteiger charge is -2.11. The highest BCUT2D eigenvalue weighted by molar-refractivity contribution is 6.32. The second kappa shape index (κ2) is 6.59. The zero-order chi connectivity index (χ0) is 15.5. The molecule has 0 saturated carbocycles. The van der Waals surface area contributed by atoms with Crippen molar-refractivity contribution in [1.82, 2.24) is 5.32 Å². The maximum absolute atomic E-state index is 13.7. The number of benzene rings is 2. The van der Waals surface area contributed by atoms with Gasteiger partial charge < -0.3 is 5.32 Å². The molecular weight excluding hydrogens is 304 g/mol. The average molecular weight is 320 g/mol. The van der Waals surface area contributed by atoms with Crippen molar-refractivity contribution in [2.75, 3.05) is 13.1 Å². The summed E-state index contributed by atoms with van der Waals surface area (Å²) >= 11 is 6.32. The lowest BCUT2D eigenvalue weighted by Crippen LogP contribution is -2.16. The lowest BCUT2D eigenvalue weighted by molar-refractivity contribution is 0.581. The Labute approximate surface area is 133 Å². The number of fused-ring (bicyclic) bond motifs is 1. The van der Waals surface area contributed by atoms with Crippen LogP contribution >= 0.6 is 11.6 Å². The molecule has 1 nitrogen and oxygen atoms in total. The Bertz CT molecular complexity index is 725. The van der Waals surface area contributed by atoms with Crippen LogP contribution in [0.4, 0.5) is 8.78 Å². The zero-order valence-electron chi connectivity index (χ0n) is 12.0. The van der Waals surface area contributed by atoms with Crippen molar-refractivity contribution in [1.29, 1.82) is 0 Å². The third kappa shape index (κ3) is 3.21. The van der Waals surface area contributed by atoms with E-state index in [1.54, 1.807) is 6.08 Å². The average Bonchev–Trinajstić information content (AvgIpc) is 2.73. The van der Waals surface area contributed by atoms with Gasteiger partial charge in [0.05, 0.1) is 0 Å². The van der Waals surface area contributed by atoms with Crippen molar-refractivity contribution in [2.24, 2.45) is 0 Å². The largest absolute Gasteiger partial charge is 0.316 e. The molecule has 2 aromatic rings. The molecule has 4 heteroatoms. The molecule has 0 bridgehead atoms. The van der Waals surface area contributed by atoms with Crippen molar-refractivity contribution < 1.29 is 8.78 Å². The van der Waals surface area contributed by atoms with Crippen LogP contribution in [0, 0.1) is 11.6 Å². The van der Waals surface area contributed by atoms with Crippen LogP contribution in [0.5, 0.6) is 0 Å². The maximum Gasteiger partial charge on any atom is 0.133 e.